The molecule has 0 spiro atoms. The Morgan fingerprint density at radius 2 is 2.19 bits per heavy atom. The van der Waals surface area contributed by atoms with Crippen LogP contribution in [0.2, 0.25) is 0 Å². The van der Waals surface area contributed by atoms with Gasteiger partial charge in [0.05, 0.1) is 10.0 Å². The van der Waals surface area contributed by atoms with E-state index in [0.717, 1.165) is 0 Å². The third kappa shape index (κ3) is 2.33. The summed E-state index contributed by atoms with van der Waals surface area (Å²) < 4.78 is 24.4. The highest BCUT2D eigenvalue weighted by Crippen LogP contribution is 2.34. The molecule has 0 aliphatic carbocycles. The van der Waals surface area contributed by atoms with Crippen molar-refractivity contribution in [1.82, 2.24) is 4.98 Å². The minimum Gasteiger partial charge on any atom is -0.358 e. The number of halogens is 4. The lowest BCUT2D eigenvalue weighted by Crippen LogP contribution is -2.05. The van der Waals surface area contributed by atoms with Crippen molar-refractivity contribution >= 4 is 38.6 Å². The van der Waals surface area contributed by atoms with Gasteiger partial charge in [-0.2, -0.15) is 0 Å². The monoisotopic (exact) mass is 314 g/mol. The van der Waals surface area contributed by atoms with Gasteiger partial charge in [-0.3, -0.25) is 4.79 Å². The average Bonchev–Trinajstić information content (AvgIpc) is 2.15. The summed E-state index contributed by atoms with van der Waals surface area (Å²) in [7, 11) is 0. The maximum Gasteiger partial charge on any atom is 0.376 e. The summed E-state index contributed by atoms with van der Waals surface area (Å²) in [6, 6.07) is 0. The zero-order valence-electron chi connectivity index (χ0n) is 7.29. The van der Waals surface area contributed by atoms with Gasteiger partial charge in [-0.1, -0.05) is 0 Å². The molecule has 1 aromatic heterocycles. The normalized spacial score (nSPS) is 10.6. The lowest BCUT2D eigenvalue weighted by Gasteiger charge is -2.04. The standard InChI is InChI=1S/C7H2BrClF2N2O3/c8-4-2(6(10)11)1-12-7(13(15)16)3(4)5(9)14/h1,6H. The van der Waals surface area contributed by atoms with Gasteiger partial charge in [-0.25, -0.2) is 8.78 Å². The highest BCUT2D eigenvalue weighted by molar-refractivity contribution is 9.10. The van der Waals surface area contributed by atoms with Crippen LogP contribution in [0.5, 0.6) is 0 Å². The predicted molar refractivity (Wildman–Crippen MR) is 53.7 cm³/mol. The highest BCUT2D eigenvalue weighted by Gasteiger charge is 2.29. The van der Waals surface area contributed by atoms with Crippen LogP contribution in [0.1, 0.15) is 22.3 Å². The first kappa shape index (κ1) is 12.9. The Morgan fingerprint density at radius 3 is 2.56 bits per heavy atom. The van der Waals surface area contributed by atoms with E-state index in [4.69, 9.17) is 11.6 Å². The van der Waals surface area contributed by atoms with Gasteiger partial charge in [0.2, 0.25) is 0 Å². The van der Waals surface area contributed by atoms with Crippen molar-refractivity contribution in [3.05, 3.63) is 31.9 Å². The Labute approximate surface area is 101 Å². The number of hydrogen-bond donors (Lipinski definition) is 0. The topological polar surface area (TPSA) is 73.1 Å². The van der Waals surface area contributed by atoms with Crippen molar-refractivity contribution in [1.29, 1.82) is 0 Å². The van der Waals surface area contributed by atoms with Crippen LogP contribution in [-0.2, 0) is 0 Å². The number of aromatic nitrogens is 1. The fourth-order valence-electron chi connectivity index (χ4n) is 0.959. The van der Waals surface area contributed by atoms with Gasteiger partial charge in [0.15, 0.2) is 0 Å². The molecule has 0 aliphatic rings. The second kappa shape index (κ2) is 4.79. The first-order chi connectivity index (χ1) is 7.36. The fraction of sp³-hybridized carbons (Fsp3) is 0.143. The SMILES string of the molecule is O=C(Cl)c1c([N+](=O)[O-])ncc(C(F)F)c1Br. The maximum absolute atomic E-state index is 12.4. The molecule has 0 bridgehead atoms. The maximum atomic E-state index is 12.4. The molecule has 1 heterocycles. The van der Waals surface area contributed by atoms with Gasteiger partial charge >= 0.3 is 5.82 Å². The van der Waals surface area contributed by atoms with E-state index >= 15 is 0 Å². The Hall–Kier alpha value is -1.15. The van der Waals surface area contributed by atoms with Gasteiger partial charge in [0.1, 0.15) is 11.8 Å². The van der Waals surface area contributed by atoms with Crippen LogP contribution < -0.4 is 0 Å². The van der Waals surface area contributed by atoms with Gasteiger partial charge in [0.25, 0.3) is 11.7 Å². The first-order valence-corrected chi connectivity index (χ1v) is 4.84. The predicted octanol–water partition coefficient (Wildman–Crippen LogP) is 3.07. The number of hydrogen-bond acceptors (Lipinski definition) is 4. The quantitative estimate of drug-likeness (QED) is 0.488. The number of carbonyl (C=O) groups is 1. The molecule has 86 valence electrons. The third-order valence-corrected chi connectivity index (χ3v) is 2.67. The summed E-state index contributed by atoms with van der Waals surface area (Å²) in [4.78, 5) is 23.6. The highest BCUT2D eigenvalue weighted by atomic mass is 79.9. The number of alkyl halides is 2. The first-order valence-electron chi connectivity index (χ1n) is 3.67. The molecule has 0 aliphatic heterocycles. The van der Waals surface area contributed by atoms with Gasteiger partial charge in [0, 0.05) is 0 Å². The minimum atomic E-state index is -2.92. The Kier molecular flexibility index (Phi) is 3.87. The van der Waals surface area contributed by atoms with Crippen LogP contribution in [0.25, 0.3) is 0 Å². The van der Waals surface area contributed by atoms with Crippen LogP contribution in [0.3, 0.4) is 0 Å². The Bertz CT molecular complexity index is 469. The molecule has 0 amide bonds. The van der Waals surface area contributed by atoms with Crippen molar-refractivity contribution in [2.24, 2.45) is 0 Å². The van der Waals surface area contributed by atoms with Crippen LogP contribution in [0, 0.1) is 10.1 Å². The average molecular weight is 315 g/mol. The van der Waals surface area contributed by atoms with Crippen LogP contribution in [0.15, 0.2) is 10.7 Å². The molecule has 0 atom stereocenters. The fourth-order valence-corrected chi connectivity index (χ4v) is 1.89. The zero-order chi connectivity index (χ0) is 12.5. The van der Waals surface area contributed by atoms with Crippen LogP contribution in [0.4, 0.5) is 14.6 Å². The second-order valence-electron chi connectivity index (χ2n) is 2.56. The van der Waals surface area contributed by atoms with Crippen molar-refractivity contribution in [3.8, 4) is 0 Å². The molecular weight excluding hydrogens is 313 g/mol. The Balaban J connectivity index is 3.54. The summed E-state index contributed by atoms with van der Waals surface area (Å²) in [5.41, 5.74) is -1.31. The number of nitro groups is 1. The van der Waals surface area contributed by atoms with E-state index in [1.807, 2.05) is 0 Å². The molecule has 0 saturated heterocycles. The summed E-state index contributed by atoms with van der Waals surface area (Å²) in [5, 5.41) is 9.26. The summed E-state index contributed by atoms with van der Waals surface area (Å²) >= 11 is 7.75. The number of nitrogens with zero attached hydrogens (tertiary/aromatic N) is 2. The van der Waals surface area contributed by atoms with E-state index in [1.54, 1.807) is 0 Å². The van der Waals surface area contributed by atoms with Gasteiger partial charge in [-0.05, 0) is 37.4 Å². The minimum absolute atomic E-state index is 0.413. The van der Waals surface area contributed by atoms with Crippen molar-refractivity contribution in [2.75, 3.05) is 0 Å². The molecule has 9 heteroatoms. The molecule has 0 N–H and O–H groups in total. The number of carbonyl (C=O) groups excluding carboxylic acids is 1. The van der Waals surface area contributed by atoms with Gasteiger partial charge in [-0.15, -0.1) is 0 Å². The van der Waals surface area contributed by atoms with E-state index in [2.05, 4.69) is 20.9 Å². The molecule has 1 aromatic rings. The lowest BCUT2D eigenvalue weighted by molar-refractivity contribution is -0.389. The molecule has 0 aromatic carbocycles. The van der Waals surface area contributed by atoms with E-state index in [0.29, 0.717) is 6.20 Å². The van der Waals surface area contributed by atoms with E-state index in [-0.39, 0.29) is 0 Å². The number of rotatable bonds is 3. The summed E-state index contributed by atoms with van der Waals surface area (Å²) in [6.45, 7) is 0. The smallest absolute Gasteiger partial charge is 0.358 e. The lowest BCUT2D eigenvalue weighted by atomic mass is 10.2. The molecule has 16 heavy (non-hydrogen) atoms. The molecule has 0 radical (unpaired) electrons. The van der Waals surface area contributed by atoms with E-state index < -0.39 is 38.0 Å². The van der Waals surface area contributed by atoms with Crippen LogP contribution >= 0.6 is 27.5 Å². The van der Waals surface area contributed by atoms with Crippen molar-refractivity contribution < 1.29 is 18.5 Å². The van der Waals surface area contributed by atoms with E-state index in [1.165, 1.54) is 0 Å². The number of pyridine rings is 1. The second-order valence-corrected chi connectivity index (χ2v) is 3.69. The van der Waals surface area contributed by atoms with Crippen molar-refractivity contribution in [2.45, 2.75) is 6.43 Å². The van der Waals surface area contributed by atoms with Crippen LogP contribution in [-0.4, -0.2) is 15.1 Å². The third-order valence-electron chi connectivity index (χ3n) is 1.63. The molecule has 1 rings (SSSR count). The summed E-state index contributed by atoms with van der Waals surface area (Å²) in [5.74, 6) is -0.865. The molecular formula is C7H2BrClF2N2O3. The molecule has 5 nitrogen and oxygen atoms in total. The Morgan fingerprint density at radius 1 is 1.62 bits per heavy atom. The van der Waals surface area contributed by atoms with Crippen molar-refractivity contribution in [3.63, 3.8) is 0 Å². The molecule has 0 saturated carbocycles. The summed E-state index contributed by atoms with van der Waals surface area (Å²) in [6.07, 6.45) is -2.30. The zero-order valence-corrected chi connectivity index (χ0v) is 9.63. The molecule has 0 unspecified atom stereocenters. The largest absolute Gasteiger partial charge is 0.376 e. The molecule has 0 fully saturated rings. The van der Waals surface area contributed by atoms with Gasteiger partial charge < -0.3 is 10.1 Å². The van der Waals surface area contributed by atoms with E-state index in [9.17, 15) is 23.7 Å².